The number of piperidine rings is 1. The summed E-state index contributed by atoms with van der Waals surface area (Å²) >= 11 is 0. The van der Waals surface area contributed by atoms with Crippen LogP contribution in [0.3, 0.4) is 0 Å². The Balaban J connectivity index is 2.65. The molecule has 0 aromatic heterocycles. The van der Waals surface area contributed by atoms with Gasteiger partial charge >= 0.3 is 0 Å². The van der Waals surface area contributed by atoms with Crippen LogP contribution in [0.2, 0.25) is 0 Å². The van der Waals surface area contributed by atoms with E-state index in [0.29, 0.717) is 5.92 Å². The van der Waals surface area contributed by atoms with Crippen molar-refractivity contribution >= 4 is 12.4 Å². The molecular weight excluding hydrogens is 344 g/mol. The first-order valence-corrected chi connectivity index (χ1v) is 11.0. The van der Waals surface area contributed by atoms with Gasteiger partial charge in [0.1, 0.15) is 0 Å². The second-order valence-corrected chi connectivity index (χ2v) is 7.85. The van der Waals surface area contributed by atoms with Crippen molar-refractivity contribution in [2.75, 3.05) is 19.6 Å². The molecule has 1 aliphatic heterocycles. The average molecular weight is 387 g/mol. The van der Waals surface area contributed by atoms with Crippen molar-refractivity contribution in [2.24, 2.45) is 21.9 Å². The number of hydrogen-bond donors (Lipinski definition) is 1. The number of nitrogens with zero attached hydrogens (tertiary/aromatic N) is 3. The molecule has 1 saturated heterocycles. The van der Waals surface area contributed by atoms with Gasteiger partial charge in [0.15, 0.2) is 0 Å². The van der Waals surface area contributed by atoms with Gasteiger partial charge in [0.05, 0.1) is 11.4 Å². The Morgan fingerprint density at radius 2 is 1.96 bits per heavy atom. The van der Waals surface area contributed by atoms with Gasteiger partial charge in [-0.25, -0.2) is 5.01 Å². The minimum Gasteiger partial charge on any atom is -0.317 e. The molecule has 1 N–H and O–H groups in total. The minimum atomic E-state index is 0.696. The monoisotopic (exact) mass is 386 g/mol. The molecular formula is C24H42N4. The maximum absolute atomic E-state index is 4.81. The Hall–Kier alpha value is -1.68. The molecule has 1 unspecified atom stereocenters. The van der Waals surface area contributed by atoms with Crippen LogP contribution in [0, 0.1) is 11.8 Å². The highest BCUT2D eigenvalue weighted by Crippen LogP contribution is 2.26. The lowest BCUT2D eigenvalue weighted by molar-refractivity contribution is 0.337. The SMILES string of the molecule is C=CCCC(CCC)CCN=C(C)C(=C)N(N=C)/C(=C\C)CC1CCNCC1. The van der Waals surface area contributed by atoms with Crippen LogP contribution in [0.15, 0.2) is 46.8 Å². The second kappa shape index (κ2) is 14.3. The zero-order valence-electron chi connectivity index (χ0n) is 18.6. The van der Waals surface area contributed by atoms with Gasteiger partial charge in [-0.15, -0.1) is 6.58 Å². The summed E-state index contributed by atoms with van der Waals surface area (Å²) < 4.78 is 0. The van der Waals surface area contributed by atoms with E-state index in [1.807, 2.05) is 18.0 Å². The summed E-state index contributed by atoms with van der Waals surface area (Å²) in [6.07, 6.45) is 13.5. The fourth-order valence-electron chi connectivity index (χ4n) is 3.91. The zero-order chi connectivity index (χ0) is 20.8. The molecule has 1 fully saturated rings. The summed E-state index contributed by atoms with van der Waals surface area (Å²) in [6.45, 7) is 21.3. The highest BCUT2D eigenvalue weighted by atomic mass is 15.5. The second-order valence-electron chi connectivity index (χ2n) is 7.85. The molecule has 1 rings (SSSR count). The third kappa shape index (κ3) is 8.55. The number of hydrazone groups is 1. The van der Waals surface area contributed by atoms with Gasteiger partial charge < -0.3 is 5.32 Å². The van der Waals surface area contributed by atoms with Crippen molar-refractivity contribution < 1.29 is 0 Å². The molecule has 0 saturated carbocycles. The van der Waals surface area contributed by atoms with Crippen molar-refractivity contribution in [3.05, 3.63) is 36.7 Å². The Morgan fingerprint density at radius 3 is 2.54 bits per heavy atom. The molecule has 0 aromatic carbocycles. The maximum Gasteiger partial charge on any atom is 0.0784 e. The minimum absolute atomic E-state index is 0.696. The van der Waals surface area contributed by atoms with E-state index < -0.39 is 0 Å². The Labute approximate surface area is 173 Å². The molecule has 0 radical (unpaired) electrons. The van der Waals surface area contributed by atoms with Crippen molar-refractivity contribution in [2.45, 2.75) is 72.1 Å². The van der Waals surface area contributed by atoms with Gasteiger partial charge in [0.25, 0.3) is 0 Å². The van der Waals surface area contributed by atoms with Crippen molar-refractivity contribution in [3.8, 4) is 0 Å². The molecule has 158 valence electrons. The summed E-state index contributed by atoms with van der Waals surface area (Å²) in [5.74, 6) is 1.42. The predicted octanol–water partition coefficient (Wildman–Crippen LogP) is 5.94. The van der Waals surface area contributed by atoms with E-state index >= 15 is 0 Å². The Kier molecular flexibility index (Phi) is 12.5. The quantitative estimate of drug-likeness (QED) is 0.228. The van der Waals surface area contributed by atoms with Crippen molar-refractivity contribution in [1.29, 1.82) is 0 Å². The molecule has 28 heavy (non-hydrogen) atoms. The normalized spacial score (nSPS) is 17.2. The van der Waals surface area contributed by atoms with Gasteiger partial charge in [-0.05, 0) is 77.3 Å². The van der Waals surface area contributed by atoms with Crippen LogP contribution in [0.1, 0.15) is 72.1 Å². The lowest BCUT2D eigenvalue weighted by Crippen LogP contribution is -2.29. The summed E-state index contributed by atoms with van der Waals surface area (Å²) in [4.78, 5) is 4.81. The lowest BCUT2D eigenvalue weighted by atomic mass is 9.92. The number of aliphatic imine (C=N–C) groups is 1. The van der Waals surface area contributed by atoms with Gasteiger partial charge in [0, 0.05) is 19.0 Å². The largest absolute Gasteiger partial charge is 0.317 e. The van der Waals surface area contributed by atoms with Gasteiger partial charge in [-0.1, -0.05) is 38.5 Å². The van der Waals surface area contributed by atoms with E-state index in [2.05, 4.69) is 50.2 Å². The first kappa shape index (κ1) is 24.4. The molecule has 1 atom stereocenters. The molecule has 1 heterocycles. The average Bonchev–Trinajstić information content (AvgIpc) is 2.72. The van der Waals surface area contributed by atoms with Crippen LogP contribution in [-0.2, 0) is 0 Å². The van der Waals surface area contributed by atoms with E-state index in [1.165, 1.54) is 37.8 Å². The van der Waals surface area contributed by atoms with Crippen LogP contribution in [0.4, 0.5) is 0 Å². The van der Waals surface area contributed by atoms with Gasteiger partial charge in [-0.3, -0.25) is 4.99 Å². The first-order valence-electron chi connectivity index (χ1n) is 11.0. The van der Waals surface area contributed by atoms with Crippen LogP contribution >= 0.6 is 0 Å². The van der Waals surface area contributed by atoms with E-state index in [-0.39, 0.29) is 0 Å². The van der Waals surface area contributed by atoms with Crippen LogP contribution in [-0.4, -0.2) is 37.1 Å². The Morgan fingerprint density at radius 1 is 1.25 bits per heavy atom. The molecule has 0 aliphatic carbocycles. The zero-order valence-corrected chi connectivity index (χ0v) is 18.6. The lowest BCUT2D eigenvalue weighted by Gasteiger charge is -2.29. The van der Waals surface area contributed by atoms with E-state index in [1.54, 1.807) is 0 Å². The fourth-order valence-corrected chi connectivity index (χ4v) is 3.91. The van der Waals surface area contributed by atoms with Gasteiger partial charge in [-0.2, -0.15) is 5.10 Å². The molecule has 0 aromatic rings. The molecule has 0 amide bonds. The number of nitrogens with one attached hydrogen (secondary N) is 1. The van der Waals surface area contributed by atoms with Crippen LogP contribution < -0.4 is 5.32 Å². The predicted molar refractivity (Wildman–Crippen MR) is 125 cm³/mol. The van der Waals surface area contributed by atoms with E-state index in [9.17, 15) is 0 Å². The number of allylic oxidation sites excluding steroid dienone is 4. The smallest absolute Gasteiger partial charge is 0.0784 e. The third-order valence-electron chi connectivity index (χ3n) is 5.74. The summed E-state index contributed by atoms with van der Waals surface area (Å²) in [7, 11) is 0. The Bertz CT molecular complexity index is 541. The summed E-state index contributed by atoms with van der Waals surface area (Å²) in [5.41, 5.74) is 2.97. The summed E-state index contributed by atoms with van der Waals surface area (Å²) in [5, 5.41) is 9.59. The molecule has 4 heteroatoms. The third-order valence-corrected chi connectivity index (χ3v) is 5.74. The van der Waals surface area contributed by atoms with Crippen molar-refractivity contribution in [1.82, 2.24) is 10.3 Å². The molecule has 0 bridgehead atoms. The highest BCUT2D eigenvalue weighted by Gasteiger charge is 2.20. The van der Waals surface area contributed by atoms with Crippen LogP contribution in [0.25, 0.3) is 0 Å². The van der Waals surface area contributed by atoms with Crippen LogP contribution in [0.5, 0.6) is 0 Å². The standard InChI is InChI=1S/C24H42N4/c1-7-10-12-22(11-8-2)15-18-27-20(4)21(5)28(25-6)24(9-3)19-23-13-16-26-17-14-23/h7,9,22-23,26H,1,5-6,8,10-19H2,2-4H3/b24-9-,27-20?. The van der Waals surface area contributed by atoms with E-state index in [4.69, 9.17) is 4.99 Å². The first-order chi connectivity index (χ1) is 13.6. The molecule has 4 nitrogen and oxygen atoms in total. The number of rotatable bonds is 14. The number of hydrogen-bond acceptors (Lipinski definition) is 4. The van der Waals surface area contributed by atoms with E-state index in [0.717, 1.165) is 56.2 Å². The molecule has 0 spiro atoms. The fraction of sp³-hybridized carbons (Fsp3) is 0.667. The topological polar surface area (TPSA) is 40.0 Å². The molecule has 1 aliphatic rings. The summed E-state index contributed by atoms with van der Waals surface area (Å²) in [6, 6.07) is 0. The highest BCUT2D eigenvalue weighted by molar-refractivity contribution is 5.97. The van der Waals surface area contributed by atoms with Crippen molar-refractivity contribution in [3.63, 3.8) is 0 Å². The maximum atomic E-state index is 4.81. The van der Waals surface area contributed by atoms with Gasteiger partial charge in [0.2, 0.25) is 0 Å².